The average molecular weight is 1850 g/mol. The van der Waals surface area contributed by atoms with Crippen LogP contribution < -0.4 is 30.9 Å². The number of hydrogen-bond acceptors (Lipinski definition) is 29. The molecule has 2 amide bonds. The number of hydrazone groups is 4. The van der Waals surface area contributed by atoms with Crippen molar-refractivity contribution in [1.29, 1.82) is 5.26 Å². The number of nitrogens with zero attached hydrogens (tertiary/aromatic N) is 26. The number of aldehydes is 1. The van der Waals surface area contributed by atoms with Crippen LogP contribution >= 0.6 is 11.6 Å². The molecule has 5 N–H and O–H groups in total. The van der Waals surface area contributed by atoms with Crippen LogP contribution in [0.5, 0.6) is 0 Å². The van der Waals surface area contributed by atoms with Gasteiger partial charge in [-0.25, -0.2) is 41.9 Å². The number of amides is 2. The molecule has 21 rings (SSSR count). The number of nitrogens with one attached hydrogen (secondary N) is 3. The number of aromatic nitrogens is 13. The zero-order valence-corrected chi connectivity index (χ0v) is 73.0. The van der Waals surface area contributed by atoms with Crippen LogP contribution in [0.25, 0.3) is 20.6 Å². The Morgan fingerprint density at radius 2 is 0.843 bits per heavy atom. The number of hydrogen-bond donors (Lipinski definition) is 5. The average Bonchev–Trinajstić information content (AvgIpc) is 1.52. The van der Waals surface area contributed by atoms with E-state index in [1.807, 2.05) is 6.07 Å². The van der Waals surface area contributed by atoms with E-state index in [2.05, 4.69) is 131 Å². The summed E-state index contributed by atoms with van der Waals surface area (Å²) in [6.07, 6.45) is 43.3. The predicted octanol–water partition coefficient (Wildman–Crippen LogP) is 13.4. The molecule has 134 heavy (non-hydrogen) atoms. The van der Waals surface area contributed by atoms with Gasteiger partial charge >= 0.3 is 11.9 Å². The Labute approximate surface area is 771 Å². The molecule has 9 aromatic rings. The number of carbonyl (C=O) groups excluding carboxylic acids is 3. The van der Waals surface area contributed by atoms with Gasteiger partial charge in [-0.2, -0.15) is 40.6 Å². The fraction of sp³-hybridized carbons (Fsp3) is 0.391. The first-order valence-electron chi connectivity index (χ1n) is 43.2. The lowest BCUT2D eigenvalue weighted by atomic mass is 9.81. The van der Waals surface area contributed by atoms with Crippen molar-refractivity contribution in [3.05, 3.63) is 250 Å². The number of nitriles is 1. The third-order valence-corrected chi connectivity index (χ3v) is 25.6. The van der Waals surface area contributed by atoms with Crippen LogP contribution in [0, 0.1) is 105 Å². The standard InChI is InChI=1S/2C21H20FN7O.C13H14N4O2.2C8H8FN3.C8H6FNO.C8H13NO2.C5H2ClN3/c2*1-23-18-9-19(26-13-25-18)28-7-3-16(21(12-28)4-5-21)20(30)29-17(2-6-27-29)14-8-15(22)11-24-10-14;1-14-10-6-11(16-8-15-10)17-5-2-9(12(18)19)13(7-17)3-4-13;2*9-7-3-6(4-10-5-7)8-1-2-11-12-8;9-8-4-7(2-1-3-11)5-10-6-8;10-7(11)6-1-4-9-5-8(6)2-3-8;6-5-1-4(2-7)8-3-9-5/h2*6,8-11,13,16-17H,2-5,7,12H2;6,8-9H,2-5,7H2,(H,18,19);2*2-5,8,12H,1H2;1-6H;6,9H,1-5H2,(H,10,11);1,3H/b;;;;;2-1+;;. The maximum Gasteiger partial charge on any atom is 0.307 e. The van der Waals surface area contributed by atoms with Crippen molar-refractivity contribution in [2.45, 2.75) is 127 Å². The molecular formula is C92H91ClF5N29O7. The Morgan fingerprint density at radius 1 is 0.463 bits per heavy atom. The monoisotopic (exact) mass is 1840 g/mol. The predicted molar refractivity (Wildman–Crippen MR) is 480 cm³/mol. The van der Waals surface area contributed by atoms with Crippen molar-refractivity contribution in [2.24, 2.45) is 65.7 Å². The van der Waals surface area contributed by atoms with Gasteiger partial charge in [-0.1, -0.05) is 37.4 Å². The van der Waals surface area contributed by atoms with Crippen molar-refractivity contribution < 1.29 is 56.1 Å². The molecule has 4 spiro atoms. The van der Waals surface area contributed by atoms with Gasteiger partial charge in [-0.3, -0.25) is 48.9 Å². The lowest BCUT2D eigenvalue weighted by Crippen LogP contribution is -2.48. The molecule has 0 bridgehead atoms. The molecule has 0 radical (unpaired) electrons. The van der Waals surface area contributed by atoms with Crippen molar-refractivity contribution in [2.75, 3.05) is 67.1 Å². The van der Waals surface area contributed by atoms with Gasteiger partial charge in [-0.15, -0.1) is 15.0 Å². The summed E-state index contributed by atoms with van der Waals surface area (Å²) in [7, 11) is 0. The normalized spacial score (nSPS) is 22.1. The molecule has 8 fully saturated rings. The Balaban J connectivity index is 0.000000128. The molecule has 36 nitrogen and oxygen atoms in total. The van der Waals surface area contributed by atoms with Gasteiger partial charge in [0, 0.05) is 169 Å². The van der Waals surface area contributed by atoms with E-state index in [0.29, 0.717) is 97.3 Å². The van der Waals surface area contributed by atoms with Crippen LogP contribution in [0.3, 0.4) is 0 Å². The van der Waals surface area contributed by atoms with Crippen LogP contribution in [-0.4, -0.2) is 192 Å². The molecule has 0 aromatic carbocycles. The second-order valence-electron chi connectivity index (χ2n) is 33.9. The summed E-state index contributed by atoms with van der Waals surface area (Å²) in [6, 6.07) is 15.0. The Bertz CT molecular complexity index is 5830. The molecule has 4 saturated carbocycles. The van der Waals surface area contributed by atoms with Crippen molar-refractivity contribution >= 4 is 107 Å². The van der Waals surface area contributed by atoms with Crippen LogP contribution in [0.4, 0.5) is 56.9 Å². The van der Waals surface area contributed by atoms with E-state index in [4.69, 9.17) is 41.7 Å². The van der Waals surface area contributed by atoms with Gasteiger partial charge in [0.05, 0.1) is 67.0 Å². The minimum atomic E-state index is -0.679. The highest BCUT2D eigenvalue weighted by Gasteiger charge is 2.60. The van der Waals surface area contributed by atoms with Crippen molar-refractivity contribution in [3.63, 3.8) is 0 Å². The van der Waals surface area contributed by atoms with E-state index in [-0.39, 0.29) is 98.6 Å². The van der Waals surface area contributed by atoms with Gasteiger partial charge in [0.1, 0.15) is 76.1 Å². The maximum absolute atomic E-state index is 13.7. The number of rotatable bonds is 13. The fourth-order valence-electron chi connectivity index (χ4n) is 17.8. The number of carbonyl (C=O) groups is 5. The number of carboxylic acid groups (broad SMARTS) is 2. The van der Waals surface area contributed by atoms with Crippen LogP contribution in [0.15, 0.2) is 168 Å². The summed E-state index contributed by atoms with van der Waals surface area (Å²) in [6.45, 7) is 27.3. The highest BCUT2D eigenvalue weighted by atomic mass is 35.5. The summed E-state index contributed by atoms with van der Waals surface area (Å²) < 4.78 is 65.1. The second-order valence-corrected chi connectivity index (χ2v) is 34.3. The second kappa shape index (κ2) is 43.8. The molecule has 17 heterocycles. The van der Waals surface area contributed by atoms with E-state index in [1.54, 1.807) is 67.8 Å². The molecule has 42 heteroatoms. The van der Waals surface area contributed by atoms with Gasteiger partial charge in [0.2, 0.25) is 30.8 Å². The minimum Gasteiger partial charge on any atom is -0.481 e. The smallest absolute Gasteiger partial charge is 0.307 e. The number of pyridine rings is 5. The fourth-order valence-corrected chi connectivity index (χ4v) is 17.9. The number of halogens is 6. The molecule has 8 aliphatic heterocycles. The quantitative estimate of drug-likeness (QED) is 0.0235. The summed E-state index contributed by atoms with van der Waals surface area (Å²) in [5, 5.41) is 49.4. The summed E-state index contributed by atoms with van der Waals surface area (Å²) in [5.74, 6) is -0.504. The summed E-state index contributed by atoms with van der Waals surface area (Å²) >= 11 is 5.42. The molecule has 9 aromatic heterocycles. The Kier molecular flexibility index (Phi) is 31.0. The Morgan fingerprint density at radius 3 is 1.19 bits per heavy atom. The highest BCUT2D eigenvalue weighted by molar-refractivity contribution is 6.29. The molecule has 4 aliphatic carbocycles. The van der Waals surface area contributed by atoms with Crippen molar-refractivity contribution in [3.8, 4) is 6.07 Å². The number of aliphatic carboxylic acids is 2. The van der Waals surface area contributed by atoms with E-state index in [9.17, 15) is 51.0 Å². The largest absolute Gasteiger partial charge is 0.481 e. The van der Waals surface area contributed by atoms with Gasteiger partial charge in [0.15, 0.2) is 0 Å². The molecule has 8 atom stereocenters. The first-order valence-corrected chi connectivity index (χ1v) is 43.6. The Hall–Kier alpha value is -15.1. The topological polar surface area (TPSA) is 432 Å². The lowest BCUT2D eigenvalue weighted by molar-refractivity contribution is -0.146. The molecule has 12 aliphatic rings. The number of carboxylic acids is 2. The van der Waals surface area contributed by atoms with E-state index in [1.165, 1.54) is 102 Å². The molecule has 688 valence electrons. The van der Waals surface area contributed by atoms with Gasteiger partial charge < -0.3 is 55.6 Å². The molecule has 4 saturated heterocycles. The first kappa shape index (κ1) is 95.0. The molecular weight excluding hydrogens is 1750 g/mol. The summed E-state index contributed by atoms with van der Waals surface area (Å²) in [5.41, 5.74) is 9.49. The van der Waals surface area contributed by atoms with Crippen LogP contribution in [0.1, 0.15) is 160 Å². The van der Waals surface area contributed by atoms with Crippen LogP contribution in [-0.2, 0) is 24.0 Å². The van der Waals surface area contributed by atoms with Gasteiger partial charge in [-0.05, 0) is 164 Å². The summed E-state index contributed by atoms with van der Waals surface area (Å²) in [4.78, 5) is 126. The number of anilines is 3. The first-order chi connectivity index (χ1) is 64.9. The van der Waals surface area contributed by atoms with Crippen LogP contribution in [0.2, 0.25) is 5.15 Å². The third kappa shape index (κ3) is 24.2. The highest BCUT2D eigenvalue weighted by Crippen LogP contribution is 2.60. The lowest BCUT2D eigenvalue weighted by Gasteiger charge is -2.40. The van der Waals surface area contributed by atoms with E-state index in [0.717, 1.165) is 151 Å². The number of piperidine rings is 4. The number of allylic oxidation sites excluding steroid dienone is 1. The SMILES string of the molecule is Fc1cncc(C2CC=NN2)c1.Fc1cncc(C2CC=NN2)c1.N#Cc1cc(Cl)ncn1.O=C(O)C1CCNCC12CC2.O=C/C=C/c1cncc(F)c1.[C-]#[N+]c1cc(N2CCC(C(=O)N3N=CCC3c3cncc(F)c3)C3(CC3)C2)ncn1.[C-]#[N+]c1cc(N2CCC(C(=O)N3N=CCC3c3cncc(F)c3)C3(CC3)C2)ncn1.[C-]#[N+]c1cc(N2CCC(C(=O)O)C3(CC3)C2)ncn1. The molecule has 8 unspecified atom stereocenters. The maximum atomic E-state index is 13.7. The zero-order valence-electron chi connectivity index (χ0n) is 72.2. The zero-order chi connectivity index (χ0) is 94.4. The van der Waals surface area contributed by atoms with Gasteiger partial charge in [0.25, 0.3) is 17.5 Å². The van der Waals surface area contributed by atoms with Crippen molar-refractivity contribution in [1.82, 2.24) is 91.0 Å². The third-order valence-electron chi connectivity index (χ3n) is 25.4. The van der Waals surface area contributed by atoms with E-state index < -0.39 is 29.4 Å². The van der Waals surface area contributed by atoms with E-state index >= 15 is 0 Å². The minimum absolute atomic E-state index is 0.000282.